The summed E-state index contributed by atoms with van der Waals surface area (Å²) in [5.41, 5.74) is 0. The molecule has 2 unspecified atom stereocenters. The van der Waals surface area contributed by atoms with Gasteiger partial charge in [0, 0.05) is 25.7 Å². The second-order valence-corrected chi connectivity index (χ2v) is 5.72. The topological polar surface area (TPSA) is 60.8 Å². The normalized spacial score (nSPS) is 39.4. The van der Waals surface area contributed by atoms with Crippen LogP contribution >= 0.6 is 0 Å². The van der Waals surface area contributed by atoms with Gasteiger partial charge in [-0.25, -0.2) is 0 Å². The van der Waals surface area contributed by atoms with Crippen LogP contribution in [-0.4, -0.2) is 46.8 Å². The molecular weight excluding hydrogens is 218 g/mol. The summed E-state index contributed by atoms with van der Waals surface area (Å²) in [5.74, 6) is 0.218. The van der Waals surface area contributed by atoms with Gasteiger partial charge in [0.25, 0.3) is 0 Å². The summed E-state index contributed by atoms with van der Waals surface area (Å²) in [4.78, 5) is 13.3. The van der Waals surface area contributed by atoms with E-state index in [0.717, 1.165) is 38.8 Å². The van der Waals surface area contributed by atoms with Crippen LogP contribution in [0, 0.1) is 17.8 Å². The van der Waals surface area contributed by atoms with Gasteiger partial charge in [0.05, 0.1) is 5.92 Å². The molecule has 2 rings (SSSR count). The largest absolute Gasteiger partial charge is 0.481 e. The van der Waals surface area contributed by atoms with Crippen LogP contribution in [-0.2, 0) is 4.79 Å². The molecule has 2 fully saturated rings. The van der Waals surface area contributed by atoms with Crippen LogP contribution in [0.1, 0.15) is 32.6 Å². The predicted octanol–water partition coefficient (Wildman–Crippen LogP) is 1.19. The van der Waals surface area contributed by atoms with Crippen molar-refractivity contribution < 1.29 is 15.0 Å². The fourth-order valence-corrected chi connectivity index (χ4v) is 3.30. The van der Waals surface area contributed by atoms with E-state index >= 15 is 0 Å². The Morgan fingerprint density at radius 1 is 1.24 bits per heavy atom. The summed E-state index contributed by atoms with van der Waals surface area (Å²) in [6, 6.07) is 0.546. The van der Waals surface area contributed by atoms with Crippen molar-refractivity contribution in [3.63, 3.8) is 0 Å². The van der Waals surface area contributed by atoms with Crippen molar-refractivity contribution >= 4 is 5.97 Å². The summed E-state index contributed by atoms with van der Waals surface area (Å²) >= 11 is 0. The third-order valence-electron chi connectivity index (χ3n) is 4.59. The van der Waals surface area contributed by atoms with Crippen LogP contribution in [0.4, 0.5) is 0 Å². The molecule has 0 aromatic rings. The number of carboxylic acids is 1. The summed E-state index contributed by atoms with van der Waals surface area (Å²) in [5, 5.41) is 18.2. The molecule has 1 aliphatic carbocycles. The van der Waals surface area contributed by atoms with Gasteiger partial charge in [0.1, 0.15) is 0 Å². The van der Waals surface area contributed by atoms with Crippen molar-refractivity contribution in [3.05, 3.63) is 0 Å². The Bertz CT molecular complexity index is 274. The first kappa shape index (κ1) is 12.8. The van der Waals surface area contributed by atoms with Crippen LogP contribution in [0.15, 0.2) is 0 Å². The second kappa shape index (κ2) is 5.36. The van der Waals surface area contributed by atoms with Gasteiger partial charge in [-0.3, -0.25) is 9.69 Å². The summed E-state index contributed by atoms with van der Waals surface area (Å²) < 4.78 is 0. The molecule has 1 heterocycles. The first-order valence-corrected chi connectivity index (χ1v) is 6.69. The molecular formula is C13H23NO3. The maximum Gasteiger partial charge on any atom is 0.306 e. The van der Waals surface area contributed by atoms with E-state index in [1.165, 1.54) is 0 Å². The van der Waals surface area contributed by atoms with Gasteiger partial charge in [-0.05, 0) is 37.5 Å². The third-order valence-corrected chi connectivity index (χ3v) is 4.59. The average molecular weight is 241 g/mol. The van der Waals surface area contributed by atoms with E-state index in [1.54, 1.807) is 0 Å². The molecule has 2 aliphatic rings. The standard InChI is InChI=1S/C13H23NO3/c1-9-6-14(7-11(9)8-15)12-4-2-10(3-5-12)13(16)17/h9-12,15H,2-8H2,1H3,(H,16,17). The molecule has 0 aromatic carbocycles. The summed E-state index contributed by atoms with van der Waals surface area (Å²) in [6.07, 6.45) is 3.63. The number of hydrogen-bond acceptors (Lipinski definition) is 3. The lowest BCUT2D eigenvalue weighted by molar-refractivity contribution is -0.143. The van der Waals surface area contributed by atoms with Crippen molar-refractivity contribution in [1.29, 1.82) is 0 Å². The summed E-state index contributed by atoms with van der Waals surface area (Å²) in [6.45, 7) is 4.53. The second-order valence-electron chi connectivity index (χ2n) is 5.72. The Morgan fingerprint density at radius 3 is 2.35 bits per heavy atom. The van der Waals surface area contributed by atoms with Crippen molar-refractivity contribution in [2.24, 2.45) is 17.8 Å². The molecule has 1 saturated carbocycles. The van der Waals surface area contributed by atoms with Gasteiger partial charge in [0.15, 0.2) is 0 Å². The van der Waals surface area contributed by atoms with Crippen LogP contribution < -0.4 is 0 Å². The van der Waals surface area contributed by atoms with E-state index in [9.17, 15) is 9.90 Å². The zero-order valence-electron chi connectivity index (χ0n) is 10.5. The van der Waals surface area contributed by atoms with Crippen LogP contribution in [0.2, 0.25) is 0 Å². The molecule has 0 bridgehead atoms. The minimum absolute atomic E-state index is 0.125. The van der Waals surface area contributed by atoms with Gasteiger partial charge < -0.3 is 10.2 Å². The fraction of sp³-hybridized carbons (Fsp3) is 0.923. The van der Waals surface area contributed by atoms with Gasteiger partial charge >= 0.3 is 5.97 Å². The van der Waals surface area contributed by atoms with Gasteiger partial charge in [0.2, 0.25) is 0 Å². The molecule has 4 heteroatoms. The number of rotatable bonds is 3. The molecule has 2 atom stereocenters. The highest BCUT2D eigenvalue weighted by atomic mass is 16.4. The molecule has 1 saturated heterocycles. The van der Waals surface area contributed by atoms with Gasteiger partial charge in [-0.2, -0.15) is 0 Å². The molecule has 0 spiro atoms. The highest BCUT2D eigenvalue weighted by Crippen LogP contribution is 2.32. The van der Waals surface area contributed by atoms with Crippen molar-refractivity contribution in [2.75, 3.05) is 19.7 Å². The van der Waals surface area contributed by atoms with Crippen LogP contribution in [0.25, 0.3) is 0 Å². The lowest BCUT2D eigenvalue weighted by Crippen LogP contribution is -2.38. The lowest BCUT2D eigenvalue weighted by atomic mass is 9.85. The Morgan fingerprint density at radius 2 is 1.88 bits per heavy atom. The predicted molar refractivity (Wildman–Crippen MR) is 64.7 cm³/mol. The first-order chi connectivity index (χ1) is 8.11. The molecule has 2 N–H and O–H groups in total. The maximum absolute atomic E-state index is 10.9. The number of aliphatic hydroxyl groups excluding tert-OH is 1. The molecule has 4 nitrogen and oxygen atoms in total. The van der Waals surface area contributed by atoms with Crippen molar-refractivity contribution in [3.8, 4) is 0 Å². The molecule has 17 heavy (non-hydrogen) atoms. The Hall–Kier alpha value is -0.610. The van der Waals surface area contributed by atoms with E-state index in [1.807, 2.05) is 0 Å². The van der Waals surface area contributed by atoms with Crippen LogP contribution in [0.5, 0.6) is 0 Å². The minimum atomic E-state index is -0.633. The van der Waals surface area contributed by atoms with E-state index in [0.29, 0.717) is 17.9 Å². The zero-order chi connectivity index (χ0) is 12.4. The average Bonchev–Trinajstić information content (AvgIpc) is 2.70. The molecule has 0 amide bonds. The van der Waals surface area contributed by atoms with E-state index in [4.69, 9.17) is 5.11 Å². The number of hydrogen-bond donors (Lipinski definition) is 2. The zero-order valence-corrected chi connectivity index (χ0v) is 10.5. The van der Waals surface area contributed by atoms with E-state index in [2.05, 4.69) is 11.8 Å². The molecule has 0 radical (unpaired) electrons. The third kappa shape index (κ3) is 2.80. The number of carbonyl (C=O) groups is 1. The number of nitrogens with zero attached hydrogens (tertiary/aromatic N) is 1. The molecule has 0 aromatic heterocycles. The van der Waals surface area contributed by atoms with E-state index < -0.39 is 5.97 Å². The molecule has 98 valence electrons. The monoisotopic (exact) mass is 241 g/mol. The number of likely N-dealkylation sites (tertiary alicyclic amines) is 1. The van der Waals surface area contributed by atoms with Crippen molar-refractivity contribution in [1.82, 2.24) is 4.90 Å². The van der Waals surface area contributed by atoms with Gasteiger partial charge in [-0.15, -0.1) is 0 Å². The smallest absolute Gasteiger partial charge is 0.306 e. The fourth-order valence-electron chi connectivity index (χ4n) is 3.30. The highest BCUT2D eigenvalue weighted by molar-refractivity contribution is 5.70. The number of aliphatic hydroxyl groups is 1. The quantitative estimate of drug-likeness (QED) is 0.779. The highest BCUT2D eigenvalue weighted by Gasteiger charge is 2.35. The molecule has 1 aliphatic heterocycles. The van der Waals surface area contributed by atoms with Gasteiger partial charge in [-0.1, -0.05) is 6.92 Å². The maximum atomic E-state index is 10.9. The Kier molecular flexibility index (Phi) is 4.05. The Labute approximate surface area is 103 Å². The van der Waals surface area contributed by atoms with Crippen LogP contribution in [0.3, 0.4) is 0 Å². The van der Waals surface area contributed by atoms with Crippen molar-refractivity contribution in [2.45, 2.75) is 38.6 Å². The Balaban J connectivity index is 1.84. The summed E-state index contributed by atoms with van der Waals surface area (Å²) in [7, 11) is 0. The SMILES string of the molecule is CC1CN(C2CCC(C(=O)O)CC2)CC1CO. The lowest BCUT2D eigenvalue weighted by Gasteiger charge is -2.33. The van der Waals surface area contributed by atoms with E-state index in [-0.39, 0.29) is 12.5 Å². The minimum Gasteiger partial charge on any atom is -0.481 e. The number of carboxylic acid groups (broad SMARTS) is 1. The number of aliphatic carboxylic acids is 1. The first-order valence-electron chi connectivity index (χ1n) is 6.69.